The van der Waals surface area contributed by atoms with Gasteiger partial charge in [0.2, 0.25) is 11.8 Å². The molecule has 4 rings (SSSR count). The first-order valence-electron chi connectivity index (χ1n) is 11.2. The first kappa shape index (κ1) is 23.7. The molecule has 1 fully saturated rings. The fourth-order valence-corrected chi connectivity index (χ4v) is 4.28. The van der Waals surface area contributed by atoms with E-state index in [2.05, 4.69) is 20.5 Å². The molecule has 7 nitrogen and oxygen atoms in total. The van der Waals surface area contributed by atoms with Crippen molar-refractivity contribution in [2.24, 2.45) is 5.92 Å². The molecule has 0 spiro atoms. The van der Waals surface area contributed by atoms with E-state index >= 15 is 0 Å². The minimum Gasteiger partial charge on any atom is -0.497 e. The Hall–Kier alpha value is -3.42. The second kappa shape index (κ2) is 11.1. The summed E-state index contributed by atoms with van der Waals surface area (Å²) in [6, 6.07) is 19.9. The van der Waals surface area contributed by atoms with Crippen LogP contribution >= 0.6 is 11.6 Å². The van der Waals surface area contributed by atoms with Gasteiger partial charge in [-0.05, 0) is 55.8 Å². The van der Waals surface area contributed by atoms with Crippen molar-refractivity contribution in [3.05, 3.63) is 83.5 Å². The Labute approximate surface area is 204 Å². The summed E-state index contributed by atoms with van der Waals surface area (Å²) in [5.74, 6) is 0.832. The number of halogens is 1. The molecule has 0 saturated carbocycles. The highest BCUT2D eigenvalue weighted by Crippen LogP contribution is 2.29. The second-order valence-electron chi connectivity index (χ2n) is 8.20. The largest absolute Gasteiger partial charge is 0.497 e. The highest BCUT2D eigenvalue weighted by Gasteiger charge is 2.33. The zero-order chi connectivity index (χ0) is 23.9. The van der Waals surface area contributed by atoms with Crippen molar-refractivity contribution in [2.75, 3.05) is 30.8 Å². The lowest BCUT2D eigenvalue weighted by molar-refractivity contribution is -0.124. The summed E-state index contributed by atoms with van der Waals surface area (Å²) < 4.78 is 5.27. The fourth-order valence-electron chi connectivity index (χ4n) is 4.17. The van der Waals surface area contributed by atoms with Crippen LogP contribution in [0.25, 0.3) is 0 Å². The van der Waals surface area contributed by atoms with Crippen LogP contribution in [0, 0.1) is 5.92 Å². The number of hydrogen-bond acceptors (Lipinski definition) is 5. The molecule has 8 heteroatoms. The average Bonchev–Trinajstić information content (AvgIpc) is 2.87. The summed E-state index contributed by atoms with van der Waals surface area (Å²) in [7, 11) is 1.59. The van der Waals surface area contributed by atoms with Crippen molar-refractivity contribution < 1.29 is 14.3 Å². The molecular weight excluding hydrogens is 452 g/mol. The van der Waals surface area contributed by atoms with Crippen molar-refractivity contribution in [1.82, 2.24) is 9.88 Å². The number of pyridine rings is 1. The zero-order valence-electron chi connectivity index (χ0n) is 18.9. The summed E-state index contributed by atoms with van der Waals surface area (Å²) in [6.07, 6.45) is 2.80. The maximum atomic E-state index is 13.4. The van der Waals surface area contributed by atoms with Crippen molar-refractivity contribution in [3.8, 4) is 5.75 Å². The lowest BCUT2D eigenvalue weighted by Gasteiger charge is -2.36. The number of likely N-dealkylation sites (tertiary alicyclic amines) is 1. The third-order valence-electron chi connectivity index (χ3n) is 5.95. The standard InChI is InChI=1S/C26H27ClN4O3/c1-34-22-9-5-8-21(16-22)29-26(33)24(18-6-3-2-4-7-18)31-14-12-19(13-15-31)25(32)30-23-11-10-20(27)17-28-23/h2-11,16-17,19,24H,12-15H2,1H3,(H,29,33)(H,28,30,32). The van der Waals surface area contributed by atoms with Crippen LogP contribution < -0.4 is 15.4 Å². The first-order valence-corrected chi connectivity index (χ1v) is 11.6. The Morgan fingerprint density at radius 2 is 1.79 bits per heavy atom. The van der Waals surface area contributed by atoms with Crippen molar-refractivity contribution in [1.29, 1.82) is 0 Å². The van der Waals surface area contributed by atoms with Gasteiger partial charge in [-0.3, -0.25) is 14.5 Å². The molecule has 1 saturated heterocycles. The molecule has 2 aromatic carbocycles. The number of piperidine rings is 1. The molecule has 34 heavy (non-hydrogen) atoms. The molecule has 1 aromatic heterocycles. The smallest absolute Gasteiger partial charge is 0.246 e. The Bertz CT molecular complexity index is 1120. The van der Waals surface area contributed by atoms with Crippen LogP contribution in [0.3, 0.4) is 0 Å². The van der Waals surface area contributed by atoms with E-state index in [1.54, 1.807) is 25.3 Å². The van der Waals surface area contributed by atoms with Gasteiger partial charge < -0.3 is 15.4 Å². The van der Waals surface area contributed by atoms with E-state index < -0.39 is 6.04 Å². The average molecular weight is 479 g/mol. The summed E-state index contributed by atoms with van der Waals surface area (Å²) >= 11 is 5.87. The van der Waals surface area contributed by atoms with Gasteiger partial charge in [0.15, 0.2) is 0 Å². The molecule has 0 aliphatic carbocycles. The highest BCUT2D eigenvalue weighted by atomic mass is 35.5. The number of nitrogens with zero attached hydrogens (tertiary/aromatic N) is 2. The molecule has 2 N–H and O–H groups in total. The molecule has 2 heterocycles. The van der Waals surface area contributed by atoms with Gasteiger partial charge in [-0.25, -0.2) is 4.98 Å². The predicted molar refractivity (Wildman–Crippen MR) is 133 cm³/mol. The number of hydrogen-bond donors (Lipinski definition) is 2. The summed E-state index contributed by atoms with van der Waals surface area (Å²) in [4.78, 5) is 32.4. The monoisotopic (exact) mass is 478 g/mol. The Balaban J connectivity index is 1.43. The van der Waals surface area contributed by atoms with E-state index in [4.69, 9.17) is 16.3 Å². The molecule has 1 aliphatic rings. The minimum atomic E-state index is -0.464. The number of aromatic nitrogens is 1. The van der Waals surface area contributed by atoms with E-state index in [1.807, 2.05) is 48.5 Å². The lowest BCUT2D eigenvalue weighted by atomic mass is 9.93. The molecule has 176 valence electrons. The van der Waals surface area contributed by atoms with Gasteiger partial charge in [0.05, 0.1) is 12.1 Å². The van der Waals surface area contributed by atoms with E-state index in [1.165, 1.54) is 6.20 Å². The SMILES string of the molecule is COc1cccc(NC(=O)C(c2ccccc2)N2CCC(C(=O)Nc3ccc(Cl)cn3)CC2)c1. The molecule has 1 atom stereocenters. The zero-order valence-corrected chi connectivity index (χ0v) is 19.7. The van der Waals surface area contributed by atoms with Crippen LogP contribution in [0.15, 0.2) is 72.9 Å². The number of carbonyl (C=O) groups excluding carboxylic acids is 2. The minimum absolute atomic E-state index is 0.0634. The molecule has 2 amide bonds. The van der Waals surface area contributed by atoms with E-state index in [9.17, 15) is 9.59 Å². The van der Waals surface area contributed by atoms with Gasteiger partial charge in [-0.2, -0.15) is 0 Å². The number of anilines is 2. The maximum absolute atomic E-state index is 13.4. The van der Waals surface area contributed by atoms with Crippen LogP contribution in [-0.4, -0.2) is 41.9 Å². The first-order chi connectivity index (χ1) is 16.5. The molecule has 3 aromatic rings. The van der Waals surface area contributed by atoms with Crippen LogP contribution in [0.2, 0.25) is 5.02 Å². The van der Waals surface area contributed by atoms with Crippen LogP contribution in [0.4, 0.5) is 11.5 Å². The third kappa shape index (κ3) is 5.92. The highest BCUT2D eigenvalue weighted by molar-refractivity contribution is 6.30. The molecule has 0 bridgehead atoms. The van der Waals surface area contributed by atoms with Gasteiger partial charge in [0.25, 0.3) is 0 Å². The van der Waals surface area contributed by atoms with Crippen molar-refractivity contribution in [2.45, 2.75) is 18.9 Å². The Kier molecular flexibility index (Phi) is 7.77. The number of nitrogens with one attached hydrogen (secondary N) is 2. The Morgan fingerprint density at radius 1 is 1.03 bits per heavy atom. The quantitative estimate of drug-likeness (QED) is 0.511. The van der Waals surface area contributed by atoms with E-state index in [-0.39, 0.29) is 17.7 Å². The molecule has 0 radical (unpaired) electrons. The Morgan fingerprint density at radius 3 is 2.47 bits per heavy atom. The number of benzene rings is 2. The number of rotatable bonds is 7. The van der Waals surface area contributed by atoms with Gasteiger partial charge in [0.1, 0.15) is 17.6 Å². The van der Waals surface area contributed by atoms with Gasteiger partial charge in [-0.1, -0.05) is 48.0 Å². The van der Waals surface area contributed by atoms with Crippen molar-refractivity contribution in [3.63, 3.8) is 0 Å². The number of amides is 2. The second-order valence-corrected chi connectivity index (χ2v) is 8.63. The summed E-state index contributed by atoms with van der Waals surface area (Å²) in [5, 5.41) is 6.41. The van der Waals surface area contributed by atoms with Gasteiger partial charge in [0, 0.05) is 23.9 Å². The normalized spacial score (nSPS) is 15.4. The molecule has 1 aliphatic heterocycles. The molecular formula is C26H27ClN4O3. The van der Waals surface area contributed by atoms with Crippen LogP contribution in [0.1, 0.15) is 24.4 Å². The van der Waals surface area contributed by atoms with Crippen LogP contribution in [0.5, 0.6) is 5.75 Å². The third-order valence-corrected chi connectivity index (χ3v) is 6.17. The summed E-state index contributed by atoms with van der Waals surface area (Å²) in [6.45, 7) is 1.24. The maximum Gasteiger partial charge on any atom is 0.246 e. The summed E-state index contributed by atoms with van der Waals surface area (Å²) in [5.41, 5.74) is 1.59. The number of carbonyl (C=O) groups is 2. The lowest BCUT2D eigenvalue weighted by Crippen LogP contribution is -2.44. The van der Waals surface area contributed by atoms with E-state index in [0.717, 1.165) is 5.56 Å². The fraction of sp³-hybridized carbons (Fsp3) is 0.269. The van der Waals surface area contributed by atoms with E-state index in [0.29, 0.717) is 48.2 Å². The van der Waals surface area contributed by atoms with Crippen LogP contribution in [-0.2, 0) is 9.59 Å². The van der Waals surface area contributed by atoms with Gasteiger partial charge >= 0.3 is 0 Å². The topological polar surface area (TPSA) is 83.6 Å². The molecule has 1 unspecified atom stereocenters. The predicted octanol–water partition coefficient (Wildman–Crippen LogP) is 4.77. The number of ether oxygens (including phenoxy) is 1. The van der Waals surface area contributed by atoms with Crippen molar-refractivity contribution >= 4 is 34.9 Å². The number of methoxy groups -OCH3 is 1. The van der Waals surface area contributed by atoms with Gasteiger partial charge in [-0.15, -0.1) is 0 Å².